The molecule has 0 saturated heterocycles. The van der Waals surface area contributed by atoms with Crippen molar-refractivity contribution in [1.82, 2.24) is 9.88 Å². The normalized spacial score (nSPS) is 12.8. The van der Waals surface area contributed by atoms with Gasteiger partial charge in [-0.05, 0) is 39.1 Å². The number of carboxylic acid groups (broad SMARTS) is 1. The number of nitrogens with zero attached hydrogens (tertiary/aromatic N) is 2. The van der Waals surface area contributed by atoms with Crippen LogP contribution in [0, 0.1) is 12.8 Å². The molecule has 0 bridgehead atoms. The van der Waals surface area contributed by atoms with Gasteiger partial charge in [0.2, 0.25) is 0 Å². The highest BCUT2D eigenvalue weighted by Gasteiger charge is 2.17. The minimum Gasteiger partial charge on any atom is -0.478 e. The molecule has 0 unspecified atom stereocenters. The molecule has 1 rings (SSSR count). The molecule has 106 valence electrons. The number of rotatable bonds is 6. The lowest BCUT2D eigenvalue weighted by Crippen LogP contribution is -2.39. The second-order valence-electron chi connectivity index (χ2n) is 5.31. The van der Waals surface area contributed by atoms with Crippen molar-refractivity contribution in [2.75, 3.05) is 26.0 Å². The summed E-state index contributed by atoms with van der Waals surface area (Å²) in [5, 5.41) is 12.3. The maximum atomic E-state index is 11.2. The van der Waals surface area contributed by atoms with Crippen molar-refractivity contribution in [3.8, 4) is 0 Å². The maximum absolute atomic E-state index is 11.2. The van der Waals surface area contributed by atoms with Gasteiger partial charge in [0.05, 0.1) is 0 Å². The van der Waals surface area contributed by atoms with E-state index in [9.17, 15) is 4.79 Å². The third-order valence-corrected chi connectivity index (χ3v) is 3.18. The number of carbonyl (C=O) groups is 1. The van der Waals surface area contributed by atoms with Crippen LogP contribution in [0.25, 0.3) is 0 Å². The second-order valence-corrected chi connectivity index (χ2v) is 5.31. The van der Waals surface area contributed by atoms with Crippen LogP contribution in [0.3, 0.4) is 0 Å². The van der Waals surface area contributed by atoms with Gasteiger partial charge in [-0.1, -0.05) is 13.8 Å². The van der Waals surface area contributed by atoms with Crippen molar-refractivity contribution in [1.29, 1.82) is 0 Å². The minimum atomic E-state index is -0.957. The predicted molar refractivity (Wildman–Crippen MR) is 76.7 cm³/mol. The predicted octanol–water partition coefficient (Wildman–Crippen LogP) is 2.09. The highest BCUT2D eigenvalue weighted by atomic mass is 16.4. The maximum Gasteiger partial charge on any atom is 0.339 e. The van der Waals surface area contributed by atoms with Crippen LogP contribution in [-0.2, 0) is 0 Å². The number of anilines is 1. The lowest BCUT2D eigenvalue weighted by molar-refractivity contribution is 0.0697. The van der Waals surface area contributed by atoms with Crippen molar-refractivity contribution >= 4 is 11.8 Å². The van der Waals surface area contributed by atoms with Crippen LogP contribution >= 0.6 is 0 Å². The van der Waals surface area contributed by atoms with Gasteiger partial charge in [-0.25, -0.2) is 9.78 Å². The Balaban J connectivity index is 2.87. The second kappa shape index (κ2) is 6.52. The van der Waals surface area contributed by atoms with Gasteiger partial charge in [-0.15, -0.1) is 0 Å². The monoisotopic (exact) mass is 265 g/mol. The molecule has 0 aliphatic rings. The van der Waals surface area contributed by atoms with Crippen molar-refractivity contribution in [3.63, 3.8) is 0 Å². The molecule has 1 atom stereocenters. The standard InChI is InChI=1S/C14H23N3O2/c1-9(2)12(17(4)5)8-15-13-11(14(18)19)7-6-10(3)16-13/h6-7,9,12H,8H2,1-5H3,(H,15,16)(H,18,19)/t12-/m1/s1. The summed E-state index contributed by atoms with van der Waals surface area (Å²) in [5.74, 6) is -0.0402. The van der Waals surface area contributed by atoms with Crippen LogP contribution in [0.4, 0.5) is 5.82 Å². The van der Waals surface area contributed by atoms with E-state index in [1.165, 1.54) is 0 Å². The van der Waals surface area contributed by atoms with E-state index in [0.29, 0.717) is 24.3 Å². The van der Waals surface area contributed by atoms with Gasteiger partial charge in [-0.2, -0.15) is 0 Å². The number of hydrogen-bond acceptors (Lipinski definition) is 4. The van der Waals surface area contributed by atoms with E-state index in [1.54, 1.807) is 12.1 Å². The Bertz CT molecular complexity index is 436. The molecule has 2 N–H and O–H groups in total. The van der Waals surface area contributed by atoms with Gasteiger partial charge >= 0.3 is 5.97 Å². The summed E-state index contributed by atoms with van der Waals surface area (Å²) >= 11 is 0. The molecule has 0 aliphatic heterocycles. The van der Waals surface area contributed by atoms with Gasteiger partial charge < -0.3 is 15.3 Å². The molecule has 1 aromatic heterocycles. The Morgan fingerprint density at radius 2 is 2.05 bits per heavy atom. The highest BCUT2D eigenvalue weighted by molar-refractivity contribution is 5.93. The van der Waals surface area contributed by atoms with E-state index in [1.807, 2.05) is 21.0 Å². The number of likely N-dealkylation sites (N-methyl/N-ethyl adjacent to an activating group) is 1. The number of pyridine rings is 1. The molecule has 1 heterocycles. The van der Waals surface area contributed by atoms with Crippen LogP contribution < -0.4 is 5.32 Å². The third-order valence-electron chi connectivity index (χ3n) is 3.18. The van der Waals surface area contributed by atoms with Crippen molar-refractivity contribution in [2.45, 2.75) is 26.8 Å². The van der Waals surface area contributed by atoms with E-state index in [4.69, 9.17) is 5.11 Å². The largest absolute Gasteiger partial charge is 0.478 e. The van der Waals surface area contributed by atoms with Gasteiger partial charge in [-0.3, -0.25) is 0 Å². The zero-order chi connectivity index (χ0) is 14.6. The average Bonchev–Trinajstić information content (AvgIpc) is 2.27. The zero-order valence-corrected chi connectivity index (χ0v) is 12.3. The fourth-order valence-electron chi connectivity index (χ4n) is 2.08. The first-order valence-corrected chi connectivity index (χ1v) is 6.44. The van der Waals surface area contributed by atoms with Crippen LogP contribution in [0.2, 0.25) is 0 Å². The Morgan fingerprint density at radius 1 is 1.42 bits per heavy atom. The Labute approximate surface area is 114 Å². The number of carboxylic acids is 1. The zero-order valence-electron chi connectivity index (χ0n) is 12.3. The van der Waals surface area contributed by atoms with Gasteiger partial charge in [0.25, 0.3) is 0 Å². The lowest BCUT2D eigenvalue weighted by Gasteiger charge is -2.28. The number of aryl methyl sites for hydroxylation is 1. The van der Waals surface area contributed by atoms with Gasteiger partial charge in [0, 0.05) is 18.3 Å². The van der Waals surface area contributed by atoms with Crippen LogP contribution in [0.15, 0.2) is 12.1 Å². The fraction of sp³-hybridized carbons (Fsp3) is 0.571. The quantitative estimate of drug-likeness (QED) is 0.824. The first kappa shape index (κ1) is 15.4. The molecule has 0 spiro atoms. The summed E-state index contributed by atoms with van der Waals surface area (Å²) in [6.07, 6.45) is 0. The molecule has 0 aromatic carbocycles. The number of nitrogens with one attached hydrogen (secondary N) is 1. The molecular weight excluding hydrogens is 242 g/mol. The Morgan fingerprint density at radius 3 is 2.53 bits per heavy atom. The summed E-state index contributed by atoms with van der Waals surface area (Å²) < 4.78 is 0. The summed E-state index contributed by atoms with van der Waals surface area (Å²) in [6, 6.07) is 3.62. The molecule has 0 amide bonds. The smallest absolute Gasteiger partial charge is 0.339 e. The van der Waals surface area contributed by atoms with Gasteiger partial charge in [0.1, 0.15) is 11.4 Å². The first-order chi connectivity index (χ1) is 8.82. The van der Waals surface area contributed by atoms with Crippen LogP contribution in [0.1, 0.15) is 29.9 Å². The Kier molecular flexibility index (Phi) is 5.30. The van der Waals surface area contributed by atoms with Gasteiger partial charge in [0.15, 0.2) is 0 Å². The fourth-order valence-corrected chi connectivity index (χ4v) is 2.08. The summed E-state index contributed by atoms with van der Waals surface area (Å²) in [5.41, 5.74) is 1.02. The van der Waals surface area contributed by atoms with E-state index in [-0.39, 0.29) is 5.56 Å². The molecule has 5 nitrogen and oxygen atoms in total. The molecule has 0 saturated carbocycles. The first-order valence-electron chi connectivity index (χ1n) is 6.44. The number of hydrogen-bond donors (Lipinski definition) is 2. The molecule has 0 radical (unpaired) electrons. The highest BCUT2D eigenvalue weighted by Crippen LogP contribution is 2.15. The van der Waals surface area contributed by atoms with Crippen LogP contribution in [0.5, 0.6) is 0 Å². The number of aromatic nitrogens is 1. The topological polar surface area (TPSA) is 65.5 Å². The molecular formula is C14H23N3O2. The summed E-state index contributed by atoms with van der Waals surface area (Å²) in [7, 11) is 4.04. The van der Waals surface area contributed by atoms with Crippen molar-refractivity contribution < 1.29 is 9.90 Å². The molecule has 1 aromatic rings. The van der Waals surface area contributed by atoms with E-state index in [0.717, 1.165) is 5.69 Å². The SMILES string of the molecule is Cc1ccc(C(=O)O)c(NC[C@H](C(C)C)N(C)C)n1. The van der Waals surface area contributed by atoms with E-state index < -0.39 is 5.97 Å². The molecule has 0 fully saturated rings. The van der Waals surface area contributed by atoms with Crippen molar-refractivity contribution in [3.05, 3.63) is 23.4 Å². The van der Waals surface area contributed by atoms with E-state index >= 15 is 0 Å². The molecule has 5 heteroatoms. The Hall–Kier alpha value is -1.62. The van der Waals surface area contributed by atoms with Crippen molar-refractivity contribution in [2.24, 2.45) is 5.92 Å². The summed E-state index contributed by atoms with van der Waals surface area (Å²) in [6.45, 7) is 6.81. The average molecular weight is 265 g/mol. The van der Waals surface area contributed by atoms with Crippen LogP contribution in [-0.4, -0.2) is 47.6 Å². The molecule has 0 aliphatic carbocycles. The summed E-state index contributed by atoms with van der Waals surface area (Å²) in [4.78, 5) is 17.6. The minimum absolute atomic E-state index is 0.215. The third kappa shape index (κ3) is 4.21. The number of aromatic carboxylic acids is 1. The molecule has 19 heavy (non-hydrogen) atoms. The lowest BCUT2D eigenvalue weighted by atomic mass is 10.0. The van der Waals surface area contributed by atoms with E-state index in [2.05, 4.69) is 29.0 Å².